The molecule has 2 rings (SSSR count). The summed E-state index contributed by atoms with van der Waals surface area (Å²) >= 11 is 0. The van der Waals surface area contributed by atoms with Gasteiger partial charge in [-0.3, -0.25) is 0 Å². The largest absolute Gasteiger partial charge is 0.496 e. The minimum atomic E-state index is 0.514. The molecule has 1 atom stereocenters. The van der Waals surface area contributed by atoms with Gasteiger partial charge in [0.05, 0.1) is 13.7 Å². The minimum Gasteiger partial charge on any atom is -0.496 e. The summed E-state index contributed by atoms with van der Waals surface area (Å²) in [5, 5.41) is 3.60. The van der Waals surface area contributed by atoms with E-state index in [1.165, 1.54) is 31.2 Å². The van der Waals surface area contributed by atoms with Gasteiger partial charge in [0.2, 0.25) is 0 Å². The lowest BCUT2D eigenvalue weighted by Crippen LogP contribution is -2.25. The molecule has 3 nitrogen and oxygen atoms in total. The van der Waals surface area contributed by atoms with Crippen molar-refractivity contribution in [2.75, 3.05) is 13.7 Å². The Labute approximate surface area is 170 Å². The molecule has 0 aliphatic rings. The normalized spacial score (nSPS) is 11.8. The van der Waals surface area contributed by atoms with Crippen molar-refractivity contribution < 1.29 is 9.47 Å². The van der Waals surface area contributed by atoms with Gasteiger partial charge in [0.15, 0.2) is 0 Å². The van der Waals surface area contributed by atoms with Crippen LogP contribution in [0.1, 0.15) is 56.2 Å². The SMILES string of the molecule is C=Cc1ccc(CCOc2ccc(CNC(C)CCCCC)c(OC)c2)cc1. The molecule has 0 aromatic heterocycles. The van der Waals surface area contributed by atoms with E-state index in [1.54, 1.807) is 7.11 Å². The predicted octanol–water partition coefficient (Wildman–Crippen LogP) is 6.02. The summed E-state index contributed by atoms with van der Waals surface area (Å²) in [5.41, 5.74) is 3.56. The Balaban J connectivity index is 1.83. The van der Waals surface area contributed by atoms with Crippen molar-refractivity contribution in [2.45, 2.75) is 58.5 Å². The summed E-state index contributed by atoms with van der Waals surface area (Å²) in [5.74, 6) is 1.72. The second-order valence-electron chi connectivity index (χ2n) is 7.30. The zero-order valence-electron chi connectivity index (χ0n) is 17.7. The first-order chi connectivity index (χ1) is 13.7. The zero-order chi connectivity index (χ0) is 20.2. The van der Waals surface area contributed by atoms with Crippen molar-refractivity contribution in [1.29, 1.82) is 0 Å². The van der Waals surface area contributed by atoms with Crippen LogP contribution in [0.3, 0.4) is 0 Å². The maximum absolute atomic E-state index is 5.93. The van der Waals surface area contributed by atoms with Gasteiger partial charge in [0.25, 0.3) is 0 Å². The average molecular weight is 382 g/mol. The molecule has 0 fully saturated rings. The minimum absolute atomic E-state index is 0.514. The van der Waals surface area contributed by atoms with Crippen LogP contribution in [-0.2, 0) is 13.0 Å². The molecule has 3 heteroatoms. The van der Waals surface area contributed by atoms with E-state index in [4.69, 9.17) is 9.47 Å². The van der Waals surface area contributed by atoms with Crippen molar-refractivity contribution in [3.05, 3.63) is 65.7 Å². The van der Waals surface area contributed by atoms with Crippen LogP contribution in [0.5, 0.6) is 11.5 Å². The lowest BCUT2D eigenvalue weighted by atomic mass is 10.1. The van der Waals surface area contributed by atoms with Crippen molar-refractivity contribution in [3.8, 4) is 11.5 Å². The Morgan fingerprint density at radius 2 is 1.89 bits per heavy atom. The number of unbranched alkanes of at least 4 members (excludes halogenated alkanes) is 2. The summed E-state index contributed by atoms with van der Waals surface area (Å²) in [7, 11) is 1.72. The van der Waals surface area contributed by atoms with Crippen LogP contribution in [0.15, 0.2) is 49.0 Å². The van der Waals surface area contributed by atoms with Crippen molar-refractivity contribution >= 4 is 6.08 Å². The van der Waals surface area contributed by atoms with Gasteiger partial charge in [-0.2, -0.15) is 0 Å². The van der Waals surface area contributed by atoms with Crippen LogP contribution in [0.25, 0.3) is 6.08 Å². The van der Waals surface area contributed by atoms with Gasteiger partial charge in [-0.1, -0.05) is 69.2 Å². The highest BCUT2D eigenvalue weighted by Crippen LogP contribution is 2.25. The van der Waals surface area contributed by atoms with Gasteiger partial charge in [-0.15, -0.1) is 0 Å². The summed E-state index contributed by atoms with van der Waals surface area (Å²) in [6, 6.07) is 15.0. The third-order valence-corrected chi connectivity index (χ3v) is 5.02. The van der Waals surface area contributed by atoms with E-state index >= 15 is 0 Å². The zero-order valence-corrected chi connectivity index (χ0v) is 17.7. The number of rotatable bonds is 13. The molecule has 28 heavy (non-hydrogen) atoms. The molecular weight excluding hydrogens is 346 g/mol. The van der Waals surface area contributed by atoms with Gasteiger partial charge in [0, 0.05) is 30.6 Å². The number of methoxy groups -OCH3 is 1. The Morgan fingerprint density at radius 3 is 2.57 bits per heavy atom. The Kier molecular flexibility index (Phi) is 9.64. The number of hydrogen-bond acceptors (Lipinski definition) is 3. The first-order valence-corrected chi connectivity index (χ1v) is 10.4. The maximum Gasteiger partial charge on any atom is 0.127 e. The molecule has 0 aliphatic carbocycles. The van der Waals surface area contributed by atoms with Gasteiger partial charge in [-0.25, -0.2) is 0 Å². The quantitative estimate of drug-likeness (QED) is 0.430. The van der Waals surface area contributed by atoms with Crippen molar-refractivity contribution in [3.63, 3.8) is 0 Å². The maximum atomic E-state index is 5.93. The van der Waals surface area contributed by atoms with E-state index < -0.39 is 0 Å². The topological polar surface area (TPSA) is 30.5 Å². The van der Waals surface area contributed by atoms with Crippen LogP contribution in [0, 0.1) is 0 Å². The molecule has 0 radical (unpaired) electrons. The fourth-order valence-electron chi connectivity index (χ4n) is 3.15. The second kappa shape index (κ2) is 12.2. The van der Waals surface area contributed by atoms with Crippen LogP contribution >= 0.6 is 0 Å². The van der Waals surface area contributed by atoms with Crippen LogP contribution < -0.4 is 14.8 Å². The van der Waals surface area contributed by atoms with Gasteiger partial charge in [0.1, 0.15) is 11.5 Å². The van der Waals surface area contributed by atoms with E-state index in [0.717, 1.165) is 35.6 Å². The molecule has 0 spiro atoms. The van der Waals surface area contributed by atoms with E-state index in [2.05, 4.69) is 56.1 Å². The van der Waals surface area contributed by atoms with Crippen LogP contribution in [0.4, 0.5) is 0 Å². The van der Waals surface area contributed by atoms with E-state index in [0.29, 0.717) is 12.6 Å². The summed E-state index contributed by atoms with van der Waals surface area (Å²) in [6.45, 7) is 9.73. The summed E-state index contributed by atoms with van der Waals surface area (Å²) in [6.07, 6.45) is 7.80. The smallest absolute Gasteiger partial charge is 0.127 e. The molecule has 0 heterocycles. The molecule has 0 saturated heterocycles. The highest BCUT2D eigenvalue weighted by molar-refractivity contribution is 5.47. The first kappa shape index (κ1) is 22.0. The Morgan fingerprint density at radius 1 is 1.11 bits per heavy atom. The number of nitrogens with one attached hydrogen (secondary N) is 1. The summed E-state index contributed by atoms with van der Waals surface area (Å²) < 4.78 is 11.5. The van der Waals surface area contributed by atoms with Gasteiger partial charge < -0.3 is 14.8 Å². The average Bonchev–Trinajstić information content (AvgIpc) is 2.73. The lowest BCUT2D eigenvalue weighted by molar-refractivity contribution is 0.318. The molecule has 0 amide bonds. The number of hydrogen-bond donors (Lipinski definition) is 1. The molecular formula is C25H35NO2. The Bertz CT molecular complexity index is 709. The second-order valence-corrected chi connectivity index (χ2v) is 7.30. The van der Waals surface area contributed by atoms with Gasteiger partial charge >= 0.3 is 0 Å². The highest BCUT2D eigenvalue weighted by Gasteiger charge is 2.08. The third kappa shape index (κ3) is 7.40. The molecule has 1 N–H and O–H groups in total. The van der Waals surface area contributed by atoms with Crippen LogP contribution in [0.2, 0.25) is 0 Å². The van der Waals surface area contributed by atoms with E-state index in [1.807, 2.05) is 18.2 Å². The molecule has 2 aromatic rings. The molecule has 152 valence electrons. The van der Waals surface area contributed by atoms with Crippen molar-refractivity contribution in [2.24, 2.45) is 0 Å². The highest BCUT2D eigenvalue weighted by atomic mass is 16.5. The third-order valence-electron chi connectivity index (χ3n) is 5.02. The monoisotopic (exact) mass is 381 g/mol. The van der Waals surface area contributed by atoms with Crippen molar-refractivity contribution in [1.82, 2.24) is 5.32 Å². The molecule has 0 aliphatic heterocycles. The summed E-state index contributed by atoms with van der Waals surface area (Å²) in [4.78, 5) is 0. The standard InChI is InChI=1S/C25H35NO2/c1-5-7-8-9-20(3)26-19-23-14-15-24(18-25(23)27-4)28-17-16-22-12-10-21(6-2)11-13-22/h6,10-15,18,20,26H,2,5,7-9,16-17,19H2,1,3-4H3. The van der Waals surface area contributed by atoms with Crippen LogP contribution in [-0.4, -0.2) is 19.8 Å². The fraction of sp³-hybridized carbons (Fsp3) is 0.440. The van der Waals surface area contributed by atoms with E-state index in [-0.39, 0.29) is 0 Å². The number of ether oxygens (including phenoxy) is 2. The van der Waals surface area contributed by atoms with Gasteiger partial charge in [-0.05, 0) is 30.5 Å². The first-order valence-electron chi connectivity index (χ1n) is 10.4. The fourth-order valence-corrected chi connectivity index (χ4v) is 3.15. The molecule has 2 aromatic carbocycles. The Hall–Kier alpha value is -2.26. The molecule has 1 unspecified atom stereocenters. The number of benzene rings is 2. The molecule has 0 bridgehead atoms. The van der Waals surface area contributed by atoms with E-state index in [9.17, 15) is 0 Å². The molecule has 0 saturated carbocycles. The predicted molar refractivity (Wildman–Crippen MR) is 119 cm³/mol. The lowest BCUT2D eigenvalue weighted by Gasteiger charge is -2.16.